The van der Waals surface area contributed by atoms with Crippen LogP contribution in [0.3, 0.4) is 0 Å². The van der Waals surface area contributed by atoms with E-state index in [-0.39, 0.29) is 0 Å². The third kappa shape index (κ3) is 0.509. The van der Waals surface area contributed by atoms with E-state index in [0.717, 1.165) is 13.1 Å². The van der Waals surface area contributed by atoms with Crippen molar-refractivity contribution in [1.29, 1.82) is 0 Å². The van der Waals surface area contributed by atoms with Gasteiger partial charge in [-0.2, -0.15) is 0 Å². The van der Waals surface area contributed by atoms with Gasteiger partial charge in [0.05, 0.1) is 5.29 Å². The second kappa shape index (κ2) is 1.36. The molecule has 1 saturated carbocycles. The van der Waals surface area contributed by atoms with E-state index < -0.39 is 0 Å². The largest absolute Gasteiger partial charge is 0.260 e. The van der Waals surface area contributed by atoms with Crippen LogP contribution in [0, 0.1) is 15.7 Å². The zero-order valence-corrected chi connectivity index (χ0v) is 6.42. The fourth-order valence-corrected chi connectivity index (χ4v) is 2.23. The van der Waals surface area contributed by atoms with E-state index in [9.17, 15) is 4.91 Å². The van der Waals surface area contributed by atoms with Crippen LogP contribution in [0.1, 0.15) is 20.3 Å². The van der Waals surface area contributed by atoms with Crippen molar-refractivity contribution in [2.75, 3.05) is 13.1 Å². The van der Waals surface area contributed by atoms with Crippen molar-refractivity contribution >= 4 is 0 Å². The van der Waals surface area contributed by atoms with Crippen LogP contribution in [0.2, 0.25) is 0 Å². The minimum Gasteiger partial charge on any atom is -0.260 e. The van der Waals surface area contributed by atoms with Crippen molar-refractivity contribution in [2.45, 2.75) is 20.3 Å². The van der Waals surface area contributed by atoms with Crippen molar-refractivity contribution < 1.29 is 0 Å². The second-order valence-electron chi connectivity index (χ2n) is 4.20. The molecule has 1 aliphatic heterocycles. The van der Waals surface area contributed by atoms with Gasteiger partial charge in [0.1, 0.15) is 0 Å². The Morgan fingerprint density at radius 1 is 1.30 bits per heavy atom. The topological polar surface area (TPSA) is 32.7 Å². The summed E-state index contributed by atoms with van der Waals surface area (Å²) < 4.78 is 0. The Hall–Kier alpha value is -0.600. The van der Waals surface area contributed by atoms with Gasteiger partial charge >= 0.3 is 0 Å². The molecule has 0 radical (unpaired) electrons. The molecule has 56 valence electrons. The second-order valence-corrected chi connectivity index (χ2v) is 4.20. The Morgan fingerprint density at radius 3 is 2.10 bits per heavy atom. The molecule has 0 aromatic carbocycles. The first-order valence-corrected chi connectivity index (χ1v) is 3.68. The third-order valence-electron chi connectivity index (χ3n) is 3.29. The van der Waals surface area contributed by atoms with Gasteiger partial charge in [0.2, 0.25) is 0 Å². The summed E-state index contributed by atoms with van der Waals surface area (Å²) >= 11 is 0. The Bertz CT molecular complexity index is 178. The van der Waals surface area contributed by atoms with E-state index in [0.29, 0.717) is 10.8 Å². The van der Waals surface area contributed by atoms with E-state index in [1.807, 2.05) is 0 Å². The molecule has 0 aromatic rings. The lowest BCUT2D eigenvalue weighted by atomic mass is 10.0. The number of hydrogen-bond acceptors (Lipinski definition) is 2. The molecule has 0 aromatic heterocycles. The molecular weight excluding hydrogens is 128 g/mol. The molecule has 2 atom stereocenters. The number of hydrogen-bond donors (Lipinski definition) is 0. The smallest absolute Gasteiger partial charge is 0.0524 e. The molecule has 10 heavy (non-hydrogen) atoms. The number of nitrogens with zero attached hydrogens (tertiary/aromatic N) is 2. The summed E-state index contributed by atoms with van der Waals surface area (Å²) in [6, 6.07) is 0. The molecule has 1 aliphatic carbocycles. The van der Waals surface area contributed by atoms with E-state index in [4.69, 9.17) is 0 Å². The molecule has 2 aliphatic rings. The highest BCUT2D eigenvalue weighted by Gasteiger charge is 2.66. The van der Waals surface area contributed by atoms with Gasteiger partial charge in [0, 0.05) is 13.1 Å². The standard InChI is InChI=1S/C7H12N2O/c1-6-3-7(6,2)5-9(4-6)8-10/h3-5H2,1-2H3/t6-,7+. The van der Waals surface area contributed by atoms with Crippen LogP contribution in [-0.4, -0.2) is 18.1 Å². The Morgan fingerprint density at radius 2 is 1.80 bits per heavy atom. The average Bonchev–Trinajstić information content (AvgIpc) is 2.24. The van der Waals surface area contributed by atoms with Crippen molar-refractivity contribution in [3.8, 4) is 0 Å². The molecule has 0 N–H and O–H groups in total. The summed E-state index contributed by atoms with van der Waals surface area (Å²) in [6.45, 7) is 6.20. The number of rotatable bonds is 1. The van der Waals surface area contributed by atoms with Crippen molar-refractivity contribution in [2.24, 2.45) is 16.1 Å². The monoisotopic (exact) mass is 140 g/mol. The lowest BCUT2D eigenvalue weighted by molar-refractivity contribution is 0.287. The first kappa shape index (κ1) is 6.13. The molecule has 0 bridgehead atoms. The maximum atomic E-state index is 10.1. The number of nitroso groups, excluding NO2 is 1. The van der Waals surface area contributed by atoms with E-state index >= 15 is 0 Å². The normalized spacial score (nSPS) is 50.8. The molecule has 3 nitrogen and oxygen atoms in total. The summed E-state index contributed by atoms with van der Waals surface area (Å²) in [5.74, 6) is 0. The predicted octanol–water partition coefficient (Wildman–Crippen LogP) is 1.40. The van der Waals surface area contributed by atoms with E-state index in [1.165, 1.54) is 6.42 Å². The highest BCUT2D eigenvalue weighted by Crippen LogP contribution is 2.67. The van der Waals surface area contributed by atoms with Gasteiger partial charge < -0.3 is 0 Å². The quantitative estimate of drug-likeness (QED) is 0.516. The highest BCUT2D eigenvalue weighted by atomic mass is 16.3. The van der Waals surface area contributed by atoms with Crippen LogP contribution in [0.5, 0.6) is 0 Å². The van der Waals surface area contributed by atoms with Crippen LogP contribution in [-0.2, 0) is 0 Å². The zero-order valence-electron chi connectivity index (χ0n) is 6.42. The third-order valence-corrected chi connectivity index (χ3v) is 3.29. The molecule has 2 fully saturated rings. The van der Waals surface area contributed by atoms with E-state index in [1.54, 1.807) is 5.01 Å². The summed E-state index contributed by atoms with van der Waals surface area (Å²) in [5.41, 5.74) is 0.807. The van der Waals surface area contributed by atoms with Crippen molar-refractivity contribution in [3.63, 3.8) is 0 Å². The molecule has 0 amide bonds. The van der Waals surface area contributed by atoms with Crippen molar-refractivity contribution in [1.82, 2.24) is 5.01 Å². The fraction of sp³-hybridized carbons (Fsp3) is 1.00. The van der Waals surface area contributed by atoms with Crippen LogP contribution in [0.4, 0.5) is 0 Å². The summed E-state index contributed by atoms with van der Waals surface area (Å²) in [6.07, 6.45) is 1.27. The highest BCUT2D eigenvalue weighted by molar-refractivity contribution is 5.15. The lowest BCUT2D eigenvalue weighted by Gasteiger charge is -2.10. The molecule has 2 rings (SSSR count). The summed E-state index contributed by atoms with van der Waals surface area (Å²) in [7, 11) is 0. The molecule has 1 saturated heterocycles. The van der Waals surface area contributed by atoms with E-state index in [2.05, 4.69) is 19.1 Å². The Labute approximate surface area is 60.3 Å². The van der Waals surface area contributed by atoms with Gasteiger partial charge in [0.15, 0.2) is 0 Å². The van der Waals surface area contributed by atoms with Gasteiger partial charge in [-0.1, -0.05) is 13.8 Å². The van der Waals surface area contributed by atoms with Gasteiger partial charge in [-0.05, 0) is 17.3 Å². The summed E-state index contributed by atoms with van der Waals surface area (Å²) in [4.78, 5) is 10.1. The average molecular weight is 140 g/mol. The number of piperidine rings is 1. The fourth-order valence-electron chi connectivity index (χ4n) is 2.23. The minimum absolute atomic E-state index is 0.404. The maximum absolute atomic E-state index is 10.1. The van der Waals surface area contributed by atoms with Crippen LogP contribution >= 0.6 is 0 Å². The lowest BCUT2D eigenvalue weighted by Crippen LogP contribution is -2.17. The Balaban J connectivity index is 2.15. The van der Waals surface area contributed by atoms with Gasteiger partial charge in [0.25, 0.3) is 0 Å². The molecule has 3 heteroatoms. The van der Waals surface area contributed by atoms with Gasteiger partial charge in [-0.3, -0.25) is 5.01 Å². The van der Waals surface area contributed by atoms with Crippen molar-refractivity contribution in [3.05, 3.63) is 4.91 Å². The molecular formula is C7H12N2O. The van der Waals surface area contributed by atoms with Gasteiger partial charge in [-0.25, -0.2) is 0 Å². The molecule has 1 heterocycles. The summed E-state index contributed by atoms with van der Waals surface area (Å²) in [5, 5.41) is 4.58. The first-order valence-electron chi connectivity index (χ1n) is 3.68. The SMILES string of the molecule is C[C@@]12CN(N=O)C[C@]1(C)C2. The number of fused-ring (bicyclic) bond motifs is 1. The predicted molar refractivity (Wildman–Crippen MR) is 38.2 cm³/mol. The van der Waals surface area contributed by atoms with Crippen LogP contribution < -0.4 is 0 Å². The first-order chi connectivity index (χ1) is 4.60. The molecule has 0 unspecified atom stereocenters. The Kier molecular flexibility index (Phi) is 0.833. The maximum Gasteiger partial charge on any atom is 0.0524 e. The zero-order chi connectivity index (χ0) is 7.41. The van der Waals surface area contributed by atoms with Crippen LogP contribution in [0.25, 0.3) is 0 Å². The van der Waals surface area contributed by atoms with Gasteiger partial charge in [-0.15, -0.1) is 4.91 Å². The molecule has 0 spiro atoms. The minimum atomic E-state index is 0.404. The van der Waals surface area contributed by atoms with Crippen LogP contribution in [0.15, 0.2) is 5.29 Å².